The van der Waals surface area contributed by atoms with Gasteiger partial charge in [-0.2, -0.15) is 0 Å². The van der Waals surface area contributed by atoms with Crippen LogP contribution in [0.4, 0.5) is 0 Å². The highest BCUT2D eigenvalue weighted by Gasteiger charge is 2.14. The average Bonchev–Trinajstić information content (AvgIpc) is 2.24. The van der Waals surface area contributed by atoms with E-state index < -0.39 is 5.63 Å². The fourth-order valence-electron chi connectivity index (χ4n) is 1.86. The molecule has 90 valence electrons. The normalized spacial score (nSPS) is 11.0. The molecule has 4 nitrogen and oxygen atoms in total. The third-order valence-corrected chi connectivity index (χ3v) is 2.73. The maximum absolute atomic E-state index is 12.0. The molecule has 0 saturated heterocycles. The van der Waals surface area contributed by atoms with Gasteiger partial charge in [-0.1, -0.05) is 6.92 Å². The minimum absolute atomic E-state index is 0.00736. The summed E-state index contributed by atoms with van der Waals surface area (Å²) in [6, 6.07) is 1.58. The van der Waals surface area contributed by atoms with Gasteiger partial charge in [0.25, 0.3) is 0 Å². The Kier molecular flexibility index (Phi) is 2.88. The van der Waals surface area contributed by atoms with E-state index in [1.807, 2.05) is 6.92 Å². The number of rotatable bonds is 2. The molecule has 0 aromatic carbocycles. The second-order valence-corrected chi connectivity index (χ2v) is 4.11. The summed E-state index contributed by atoms with van der Waals surface area (Å²) in [7, 11) is 0. The maximum Gasteiger partial charge on any atom is 0.351 e. The van der Waals surface area contributed by atoms with Crippen LogP contribution < -0.4 is 11.1 Å². The van der Waals surface area contributed by atoms with E-state index in [-0.39, 0.29) is 10.8 Å². The molecule has 0 fully saturated rings. The van der Waals surface area contributed by atoms with E-state index in [0.717, 1.165) is 6.42 Å². The summed E-state index contributed by atoms with van der Waals surface area (Å²) < 4.78 is 10.5. The van der Waals surface area contributed by atoms with Crippen molar-refractivity contribution in [3.63, 3.8) is 0 Å². The van der Waals surface area contributed by atoms with E-state index in [0.29, 0.717) is 29.1 Å². The van der Waals surface area contributed by atoms with Crippen LogP contribution in [0.15, 0.2) is 24.5 Å². The second-order valence-electron chi connectivity index (χ2n) is 4.11. The van der Waals surface area contributed by atoms with Crippen molar-refractivity contribution in [1.82, 2.24) is 0 Å². The van der Waals surface area contributed by atoms with Gasteiger partial charge >= 0.3 is 5.63 Å². The summed E-state index contributed by atoms with van der Waals surface area (Å²) in [5.41, 5.74) is -0.100. The first-order valence-corrected chi connectivity index (χ1v) is 5.61. The van der Waals surface area contributed by atoms with Crippen molar-refractivity contribution >= 4 is 11.0 Å². The predicted molar refractivity (Wildman–Crippen MR) is 64.5 cm³/mol. The van der Waals surface area contributed by atoms with E-state index in [2.05, 4.69) is 0 Å². The molecule has 0 radical (unpaired) electrons. The van der Waals surface area contributed by atoms with Crippen LogP contribution in [-0.2, 0) is 6.42 Å². The lowest BCUT2D eigenvalue weighted by Gasteiger charge is -2.05. The summed E-state index contributed by atoms with van der Waals surface area (Å²) in [6.45, 7) is 5.34. The highest BCUT2D eigenvalue weighted by atomic mass is 16.4. The minimum atomic E-state index is -0.625. The SMILES string of the molecule is CCCc1oc2cc(C)oc(=O)c2c(=O)c1C. The highest BCUT2D eigenvalue weighted by Crippen LogP contribution is 2.15. The monoisotopic (exact) mass is 234 g/mol. The molecule has 2 aromatic heterocycles. The molecule has 0 spiro atoms. The van der Waals surface area contributed by atoms with E-state index in [9.17, 15) is 9.59 Å². The lowest BCUT2D eigenvalue weighted by Crippen LogP contribution is -2.17. The second kappa shape index (κ2) is 4.20. The zero-order valence-electron chi connectivity index (χ0n) is 10.1. The van der Waals surface area contributed by atoms with Gasteiger partial charge in [-0.15, -0.1) is 0 Å². The maximum atomic E-state index is 12.0. The van der Waals surface area contributed by atoms with Crippen molar-refractivity contribution in [2.24, 2.45) is 0 Å². The molecule has 0 N–H and O–H groups in total. The summed E-state index contributed by atoms with van der Waals surface area (Å²) in [4.78, 5) is 23.7. The van der Waals surface area contributed by atoms with E-state index in [1.54, 1.807) is 19.9 Å². The number of hydrogen-bond donors (Lipinski definition) is 0. The molecular weight excluding hydrogens is 220 g/mol. The third-order valence-electron chi connectivity index (χ3n) is 2.73. The molecule has 0 unspecified atom stereocenters. The molecule has 4 heteroatoms. The summed E-state index contributed by atoms with van der Waals surface area (Å²) in [5, 5.41) is 0.00736. The van der Waals surface area contributed by atoms with Gasteiger partial charge in [0.05, 0.1) is 0 Å². The Morgan fingerprint density at radius 3 is 2.53 bits per heavy atom. The first-order chi connectivity index (χ1) is 8.04. The Labute approximate surface area is 97.9 Å². The van der Waals surface area contributed by atoms with Crippen molar-refractivity contribution in [3.05, 3.63) is 43.8 Å². The lowest BCUT2D eigenvalue weighted by atomic mass is 10.1. The average molecular weight is 234 g/mol. The van der Waals surface area contributed by atoms with E-state index in [4.69, 9.17) is 8.83 Å². The fourth-order valence-corrected chi connectivity index (χ4v) is 1.86. The number of hydrogen-bond acceptors (Lipinski definition) is 4. The zero-order chi connectivity index (χ0) is 12.6. The van der Waals surface area contributed by atoms with Gasteiger partial charge in [0, 0.05) is 18.1 Å². The molecule has 0 aliphatic carbocycles. The summed E-state index contributed by atoms with van der Waals surface area (Å²) in [6.07, 6.45) is 1.58. The summed E-state index contributed by atoms with van der Waals surface area (Å²) >= 11 is 0. The van der Waals surface area contributed by atoms with Gasteiger partial charge in [-0.3, -0.25) is 4.79 Å². The molecule has 0 aliphatic rings. The van der Waals surface area contributed by atoms with Gasteiger partial charge in [0.15, 0.2) is 5.39 Å². The van der Waals surface area contributed by atoms with Crippen molar-refractivity contribution in [1.29, 1.82) is 0 Å². The molecule has 0 amide bonds. The van der Waals surface area contributed by atoms with Gasteiger partial charge in [0.2, 0.25) is 5.43 Å². The Morgan fingerprint density at radius 2 is 1.88 bits per heavy atom. The summed E-state index contributed by atoms with van der Waals surface area (Å²) in [5.74, 6) is 1.09. The molecule has 0 bridgehead atoms. The van der Waals surface area contributed by atoms with Crippen LogP contribution in [-0.4, -0.2) is 0 Å². The van der Waals surface area contributed by atoms with Crippen LogP contribution in [0.25, 0.3) is 11.0 Å². The molecule has 0 saturated carbocycles. The fraction of sp³-hybridized carbons (Fsp3) is 0.385. The lowest BCUT2D eigenvalue weighted by molar-refractivity contribution is 0.473. The zero-order valence-corrected chi connectivity index (χ0v) is 10.1. The predicted octanol–water partition coefficient (Wildman–Crippen LogP) is 2.32. The minimum Gasteiger partial charge on any atom is -0.460 e. The van der Waals surface area contributed by atoms with Crippen molar-refractivity contribution < 1.29 is 8.83 Å². The van der Waals surface area contributed by atoms with Crippen LogP contribution >= 0.6 is 0 Å². The Hall–Kier alpha value is -1.84. The van der Waals surface area contributed by atoms with Gasteiger partial charge in [-0.05, 0) is 20.3 Å². The molecule has 2 heterocycles. The highest BCUT2D eigenvalue weighted by molar-refractivity contribution is 5.75. The molecule has 17 heavy (non-hydrogen) atoms. The molecule has 0 aliphatic heterocycles. The van der Waals surface area contributed by atoms with Crippen LogP contribution in [0.2, 0.25) is 0 Å². The van der Waals surface area contributed by atoms with E-state index in [1.165, 1.54) is 0 Å². The number of fused-ring (bicyclic) bond motifs is 1. The third kappa shape index (κ3) is 1.90. The first kappa shape index (κ1) is 11.6. The molecule has 2 rings (SSSR count). The Morgan fingerprint density at radius 1 is 1.18 bits per heavy atom. The van der Waals surface area contributed by atoms with Gasteiger partial charge in [0.1, 0.15) is 17.1 Å². The standard InChI is InChI=1S/C13H14O4/c1-4-5-9-8(3)12(14)11-10(17-9)6-7(2)16-13(11)15/h6H,4-5H2,1-3H3. The van der Waals surface area contributed by atoms with Crippen molar-refractivity contribution in [2.75, 3.05) is 0 Å². The van der Waals surface area contributed by atoms with Gasteiger partial charge < -0.3 is 8.83 Å². The topological polar surface area (TPSA) is 60.4 Å². The first-order valence-electron chi connectivity index (χ1n) is 5.61. The Balaban J connectivity index is 2.91. The van der Waals surface area contributed by atoms with Crippen molar-refractivity contribution in [2.45, 2.75) is 33.6 Å². The molecule has 0 atom stereocenters. The molecular formula is C13H14O4. The number of aryl methyl sites for hydroxylation is 2. The van der Waals surface area contributed by atoms with Crippen LogP contribution in [0.1, 0.15) is 30.4 Å². The quantitative estimate of drug-likeness (QED) is 0.800. The van der Waals surface area contributed by atoms with Crippen molar-refractivity contribution in [3.8, 4) is 0 Å². The van der Waals surface area contributed by atoms with Crippen LogP contribution in [0.5, 0.6) is 0 Å². The van der Waals surface area contributed by atoms with Gasteiger partial charge in [-0.25, -0.2) is 4.79 Å². The van der Waals surface area contributed by atoms with Crippen LogP contribution in [0, 0.1) is 13.8 Å². The Bertz CT molecular complexity index is 676. The molecule has 2 aromatic rings. The van der Waals surface area contributed by atoms with Crippen LogP contribution in [0.3, 0.4) is 0 Å². The largest absolute Gasteiger partial charge is 0.460 e. The smallest absolute Gasteiger partial charge is 0.351 e. The van der Waals surface area contributed by atoms with E-state index >= 15 is 0 Å².